The summed E-state index contributed by atoms with van der Waals surface area (Å²) in [4.78, 5) is 17.4. The maximum atomic E-state index is 5.85. The molecule has 2 aromatic rings. The molecule has 0 bridgehead atoms. The van der Waals surface area contributed by atoms with Gasteiger partial charge in [-0.2, -0.15) is 0 Å². The number of anilines is 2. The van der Waals surface area contributed by atoms with Gasteiger partial charge in [0.15, 0.2) is 11.6 Å². The van der Waals surface area contributed by atoms with E-state index in [1.807, 2.05) is 19.2 Å². The molecule has 0 saturated carbocycles. The SMILES string of the molecule is COc1cccnc1N1CCC(N(C)c2ncc(Cl)cn2)CC1. The number of methoxy groups -OCH3 is 1. The predicted molar refractivity (Wildman–Crippen MR) is 91.5 cm³/mol. The lowest BCUT2D eigenvalue weighted by molar-refractivity contribution is 0.407. The van der Waals surface area contributed by atoms with Gasteiger partial charge in [-0.1, -0.05) is 11.6 Å². The monoisotopic (exact) mass is 333 g/mol. The van der Waals surface area contributed by atoms with E-state index in [1.165, 1.54) is 0 Å². The van der Waals surface area contributed by atoms with Gasteiger partial charge in [-0.05, 0) is 25.0 Å². The minimum atomic E-state index is 0.405. The van der Waals surface area contributed by atoms with Crippen molar-refractivity contribution >= 4 is 23.4 Å². The molecular weight excluding hydrogens is 314 g/mol. The zero-order chi connectivity index (χ0) is 16.2. The fourth-order valence-corrected chi connectivity index (χ4v) is 2.99. The number of ether oxygens (including phenoxy) is 1. The molecule has 3 rings (SSSR count). The first kappa shape index (κ1) is 15.8. The van der Waals surface area contributed by atoms with Crippen molar-refractivity contribution in [1.29, 1.82) is 0 Å². The minimum Gasteiger partial charge on any atom is -0.493 e. The van der Waals surface area contributed by atoms with Crippen molar-refractivity contribution in [2.24, 2.45) is 0 Å². The van der Waals surface area contributed by atoms with Gasteiger partial charge in [0, 0.05) is 32.4 Å². The molecule has 0 radical (unpaired) electrons. The Balaban J connectivity index is 1.65. The molecule has 122 valence electrons. The van der Waals surface area contributed by atoms with Crippen LogP contribution >= 0.6 is 11.6 Å². The van der Waals surface area contributed by atoms with Gasteiger partial charge in [0.2, 0.25) is 5.95 Å². The van der Waals surface area contributed by atoms with Crippen LogP contribution < -0.4 is 14.5 Å². The molecule has 0 N–H and O–H groups in total. The molecule has 1 aliphatic rings. The van der Waals surface area contributed by atoms with Crippen LogP contribution in [0.25, 0.3) is 0 Å². The Morgan fingerprint density at radius 2 is 1.91 bits per heavy atom. The number of hydrogen-bond acceptors (Lipinski definition) is 6. The van der Waals surface area contributed by atoms with Gasteiger partial charge in [-0.25, -0.2) is 15.0 Å². The lowest BCUT2D eigenvalue weighted by atomic mass is 10.0. The van der Waals surface area contributed by atoms with Crippen LogP contribution in [0.15, 0.2) is 30.7 Å². The largest absolute Gasteiger partial charge is 0.493 e. The highest BCUT2D eigenvalue weighted by atomic mass is 35.5. The number of nitrogens with zero attached hydrogens (tertiary/aromatic N) is 5. The third-order valence-corrected chi connectivity index (χ3v) is 4.40. The molecule has 23 heavy (non-hydrogen) atoms. The number of halogens is 1. The Kier molecular flexibility index (Phi) is 4.81. The number of rotatable bonds is 4. The molecule has 1 aliphatic heterocycles. The number of piperidine rings is 1. The zero-order valence-electron chi connectivity index (χ0n) is 13.3. The molecule has 0 amide bonds. The Labute approximate surface area is 141 Å². The van der Waals surface area contributed by atoms with E-state index in [9.17, 15) is 0 Å². The Morgan fingerprint density at radius 1 is 1.22 bits per heavy atom. The van der Waals surface area contributed by atoms with Crippen molar-refractivity contribution in [3.8, 4) is 5.75 Å². The van der Waals surface area contributed by atoms with E-state index in [4.69, 9.17) is 16.3 Å². The van der Waals surface area contributed by atoms with E-state index in [-0.39, 0.29) is 0 Å². The molecule has 7 heteroatoms. The van der Waals surface area contributed by atoms with Crippen LogP contribution in [0.2, 0.25) is 5.02 Å². The van der Waals surface area contributed by atoms with Crippen molar-refractivity contribution in [2.45, 2.75) is 18.9 Å². The second kappa shape index (κ2) is 7.00. The molecule has 0 unspecified atom stereocenters. The van der Waals surface area contributed by atoms with Gasteiger partial charge >= 0.3 is 0 Å². The number of pyridine rings is 1. The summed E-state index contributed by atoms with van der Waals surface area (Å²) in [5, 5.41) is 0.555. The second-order valence-corrected chi connectivity index (χ2v) is 6.00. The van der Waals surface area contributed by atoms with Crippen LogP contribution in [0.5, 0.6) is 5.75 Å². The standard InChI is InChI=1S/C16H20ClN5O/c1-21(16-19-10-12(17)11-20-16)13-5-8-22(9-6-13)15-14(23-2)4-3-7-18-15/h3-4,7,10-11,13H,5-6,8-9H2,1-2H3. The molecule has 0 aromatic carbocycles. The third-order valence-electron chi connectivity index (χ3n) is 4.20. The Hall–Kier alpha value is -2.08. The number of hydrogen-bond donors (Lipinski definition) is 0. The van der Waals surface area contributed by atoms with Gasteiger partial charge in [-0.3, -0.25) is 0 Å². The van der Waals surface area contributed by atoms with Crippen LogP contribution in [-0.4, -0.2) is 48.2 Å². The first-order valence-electron chi connectivity index (χ1n) is 7.63. The average molecular weight is 334 g/mol. The highest BCUT2D eigenvalue weighted by Gasteiger charge is 2.25. The Morgan fingerprint density at radius 3 is 2.57 bits per heavy atom. The van der Waals surface area contributed by atoms with E-state index in [2.05, 4.69) is 24.8 Å². The third kappa shape index (κ3) is 3.47. The normalized spacial score (nSPS) is 15.5. The first-order valence-corrected chi connectivity index (χ1v) is 8.01. The summed E-state index contributed by atoms with van der Waals surface area (Å²) in [6.45, 7) is 1.85. The van der Waals surface area contributed by atoms with Crippen LogP contribution in [-0.2, 0) is 0 Å². The molecule has 1 fully saturated rings. The molecule has 3 heterocycles. The van der Waals surface area contributed by atoms with Crippen molar-refractivity contribution in [1.82, 2.24) is 15.0 Å². The molecule has 0 atom stereocenters. The summed E-state index contributed by atoms with van der Waals surface area (Å²) in [6, 6.07) is 4.24. The van der Waals surface area contributed by atoms with Crippen LogP contribution in [0.3, 0.4) is 0 Å². The summed E-state index contributed by atoms with van der Waals surface area (Å²) < 4.78 is 5.41. The van der Waals surface area contributed by atoms with E-state index >= 15 is 0 Å². The number of aromatic nitrogens is 3. The molecule has 6 nitrogen and oxygen atoms in total. The van der Waals surface area contributed by atoms with Crippen LogP contribution in [0.1, 0.15) is 12.8 Å². The van der Waals surface area contributed by atoms with Crippen molar-refractivity contribution < 1.29 is 4.74 Å². The van der Waals surface area contributed by atoms with Crippen LogP contribution in [0, 0.1) is 0 Å². The average Bonchev–Trinajstić information content (AvgIpc) is 2.62. The molecular formula is C16H20ClN5O. The van der Waals surface area contributed by atoms with Gasteiger partial charge in [-0.15, -0.1) is 0 Å². The first-order chi connectivity index (χ1) is 11.2. The minimum absolute atomic E-state index is 0.405. The summed E-state index contributed by atoms with van der Waals surface area (Å²) in [6.07, 6.45) is 7.10. The van der Waals surface area contributed by atoms with E-state index in [0.29, 0.717) is 17.0 Å². The van der Waals surface area contributed by atoms with E-state index < -0.39 is 0 Å². The second-order valence-electron chi connectivity index (χ2n) is 5.56. The van der Waals surface area contributed by atoms with Crippen molar-refractivity contribution in [3.05, 3.63) is 35.7 Å². The smallest absolute Gasteiger partial charge is 0.225 e. The molecule has 0 spiro atoms. The van der Waals surface area contributed by atoms with Gasteiger partial charge in [0.05, 0.1) is 24.5 Å². The fraction of sp³-hybridized carbons (Fsp3) is 0.438. The highest BCUT2D eigenvalue weighted by Crippen LogP contribution is 2.29. The lowest BCUT2D eigenvalue weighted by Crippen LogP contribution is -2.44. The summed E-state index contributed by atoms with van der Waals surface area (Å²) in [5.74, 6) is 2.45. The van der Waals surface area contributed by atoms with Gasteiger partial charge in [0.1, 0.15) is 0 Å². The van der Waals surface area contributed by atoms with Gasteiger partial charge in [0.25, 0.3) is 0 Å². The molecule has 1 saturated heterocycles. The zero-order valence-corrected chi connectivity index (χ0v) is 14.1. The van der Waals surface area contributed by atoms with Crippen molar-refractivity contribution in [2.75, 3.05) is 37.0 Å². The molecule has 0 aliphatic carbocycles. The van der Waals surface area contributed by atoms with Crippen LogP contribution in [0.4, 0.5) is 11.8 Å². The lowest BCUT2D eigenvalue weighted by Gasteiger charge is -2.37. The van der Waals surface area contributed by atoms with E-state index in [1.54, 1.807) is 25.7 Å². The fourth-order valence-electron chi connectivity index (χ4n) is 2.89. The summed E-state index contributed by atoms with van der Waals surface area (Å²) in [5.41, 5.74) is 0. The summed E-state index contributed by atoms with van der Waals surface area (Å²) in [7, 11) is 3.71. The topological polar surface area (TPSA) is 54.4 Å². The van der Waals surface area contributed by atoms with Gasteiger partial charge < -0.3 is 14.5 Å². The highest BCUT2D eigenvalue weighted by molar-refractivity contribution is 6.30. The predicted octanol–water partition coefficient (Wildman–Crippen LogP) is 2.64. The Bertz CT molecular complexity index is 643. The quantitative estimate of drug-likeness (QED) is 0.857. The molecule has 2 aromatic heterocycles. The van der Waals surface area contributed by atoms with Crippen molar-refractivity contribution in [3.63, 3.8) is 0 Å². The summed E-state index contributed by atoms with van der Waals surface area (Å²) >= 11 is 5.85. The van der Waals surface area contributed by atoms with E-state index in [0.717, 1.165) is 37.5 Å². The maximum absolute atomic E-state index is 5.85. The maximum Gasteiger partial charge on any atom is 0.225 e.